The summed E-state index contributed by atoms with van der Waals surface area (Å²) in [7, 11) is -3.48. The number of aromatic amines is 1. The summed E-state index contributed by atoms with van der Waals surface area (Å²) in [6.45, 7) is 7.64. The van der Waals surface area contributed by atoms with Gasteiger partial charge >= 0.3 is 0 Å². The number of hydrogen-bond acceptors (Lipinski definition) is 5. The molecule has 0 bridgehead atoms. The molecule has 0 radical (unpaired) electrons. The van der Waals surface area contributed by atoms with E-state index in [1.165, 1.54) is 23.0 Å². The Morgan fingerprint density at radius 3 is 2.42 bits per heavy atom. The smallest absolute Gasteiger partial charge is 0.277 e. The molecule has 2 aromatic rings. The molecule has 142 valence electrons. The fourth-order valence-electron chi connectivity index (χ4n) is 2.71. The number of benzene rings is 1. The summed E-state index contributed by atoms with van der Waals surface area (Å²) in [6.07, 6.45) is 2.40. The second-order valence-corrected chi connectivity index (χ2v) is 8.40. The number of hydrogen-bond donors (Lipinski definition) is 1. The van der Waals surface area contributed by atoms with Gasteiger partial charge in [0.15, 0.2) is 15.6 Å². The van der Waals surface area contributed by atoms with Crippen LogP contribution in [0.4, 0.5) is 0 Å². The number of sulfone groups is 1. The van der Waals surface area contributed by atoms with Crippen LogP contribution in [-0.2, 0) is 27.7 Å². The Morgan fingerprint density at radius 1 is 1.27 bits per heavy atom. The first-order valence-corrected chi connectivity index (χ1v) is 10.2. The Kier molecular flexibility index (Phi) is 5.87. The molecule has 0 aliphatic heterocycles. The molecule has 7 nitrogen and oxygen atoms in total. The van der Waals surface area contributed by atoms with Gasteiger partial charge in [-0.1, -0.05) is 0 Å². The molecule has 0 saturated carbocycles. The van der Waals surface area contributed by atoms with E-state index in [-0.39, 0.29) is 23.2 Å². The van der Waals surface area contributed by atoms with Gasteiger partial charge in [0.2, 0.25) is 0 Å². The summed E-state index contributed by atoms with van der Waals surface area (Å²) in [5.41, 5.74) is 0.863. The van der Waals surface area contributed by atoms with Gasteiger partial charge in [-0.05, 0) is 51.0 Å². The Hall–Kier alpha value is -2.19. The van der Waals surface area contributed by atoms with E-state index < -0.39 is 21.2 Å². The molecule has 0 spiro atoms. The number of aromatic nitrogens is 2. The highest BCUT2D eigenvalue weighted by atomic mass is 32.2. The molecule has 0 amide bonds. The van der Waals surface area contributed by atoms with Crippen LogP contribution < -0.4 is 5.56 Å². The van der Waals surface area contributed by atoms with Crippen molar-refractivity contribution in [2.45, 2.75) is 51.8 Å². The molecule has 0 unspecified atom stereocenters. The number of rotatable bonds is 7. The minimum Gasteiger partial charge on any atom is -0.374 e. The van der Waals surface area contributed by atoms with E-state index >= 15 is 0 Å². The molecule has 2 rings (SSSR count). The predicted octanol–water partition coefficient (Wildman–Crippen LogP) is 2.06. The lowest BCUT2D eigenvalue weighted by atomic mass is 9.97. The maximum absolute atomic E-state index is 12.8. The minimum atomic E-state index is -3.48. The second kappa shape index (κ2) is 7.59. The summed E-state index contributed by atoms with van der Waals surface area (Å²) in [6, 6.07) is 2.86. The van der Waals surface area contributed by atoms with Crippen molar-refractivity contribution < 1.29 is 17.9 Å². The summed E-state index contributed by atoms with van der Waals surface area (Å²) in [5.74, 6) is -0.443. The summed E-state index contributed by atoms with van der Waals surface area (Å²) < 4.78 is 31.1. The number of carbonyl (C=O) groups is 1. The maximum atomic E-state index is 12.8. The normalized spacial score (nSPS) is 11.9. The van der Waals surface area contributed by atoms with Gasteiger partial charge in [-0.2, -0.15) is 0 Å². The molecule has 1 heterocycles. The molecule has 1 aromatic heterocycles. The lowest BCUT2D eigenvalue weighted by Gasteiger charge is -2.16. The maximum Gasteiger partial charge on any atom is 0.277 e. The summed E-state index contributed by atoms with van der Waals surface area (Å²) in [5, 5.41) is 2.75. The van der Waals surface area contributed by atoms with Crippen LogP contribution in [0.25, 0.3) is 0 Å². The number of aryl methyl sites for hydroxylation is 1. The van der Waals surface area contributed by atoms with E-state index in [0.29, 0.717) is 23.2 Å². The van der Waals surface area contributed by atoms with Crippen molar-refractivity contribution in [1.29, 1.82) is 0 Å². The lowest BCUT2D eigenvalue weighted by molar-refractivity contribution is 0.0640. The summed E-state index contributed by atoms with van der Waals surface area (Å²) in [4.78, 5) is 25.2. The SMILES string of the molecule is CCn1[nH]cc(C(=O)c2ccc(S(C)(=O)=O)c(COC(C)C)c2C)c1=O. The van der Waals surface area contributed by atoms with Gasteiger partial charge in [-0.25, -0.2) is 8.42 Å². The van der Waals surface area contributed by atoms with Gasteiger partial charge in [0.25, 0.3) is 5.56 Å². The summed E-state index contributed by atoms with van der Waals surface area (Å²) >= 11 is 0. The first-order chi connectivity index (χ1) is 12.1. The van der Waals surface area contributed by atoms with Gasteiger partial charge < -0.3 is 9.84 Å². The number of ketones is 1. The van der Waals surface area contributed by atoms with Crippen LogP contribution in [-0.4, -0.2) is 36.3 Å². The van der Waals surface area contributed by atoms with E-state index in [1.54, 1.807) is 13.8 Å². The lowest BCUT2D eigenvalue weighted by Crippen LogP contribution is -2.22. The number of ether oxygens (including phenoxy) is 1. The van der Waals surface area contributed by atoms with Crippen LogP contribution in [0.3, 0.4) is 0 Å². The molecule has 0 fully saturated rings. The molecule has 8 heteroatoms. The van der Waals surface area contributed by atoms with Crippen molar-refractivity contribution in [3.05, 3.63) is 50.9 Å². The third-order valence-electron chi connectivity index (χ3n) is 4.16. The molecule has 0 saturated heterocycles. The minimum absolute atomic E-state index is 0.0257. The van der Waals surface area contributed by atoms with E-state index in [0.717, 1.165) is 6.26 Å². The number of H-pyrrole nitrogens is 1. The Labute approximate surface area is 152 Å². The van der Waals surface area contributed by atoms with E-state index in [2.05, 4.69) is 5.10 Å². The quantitative estimate of drug-likeness (QED) is 0.742. The van der Waals surface area contributed by atoms with Crippen molar-refractivity contribution in [3.8, 4) is 0 Å². The van der Waals surface area contributed by atoms with E-state index in [4.69, 9.17) is 4.74 Å². The molecule has 0 aliphatic carbocycles. The van der Waals surface area contributed by atoms with Crippen LogP contribution in [0.15, 0.2) is 28.0 Å². The highest BCUT2D eigenvalue weighted by Crippen LogP contribution is 2.25. The first kappa shape index (κ1) is 20.1. The standard InChI is InChI=1S/C18H24N2O5S/c1-6-20-18(22)14(9-19-20)17(21)13-7-8-16(26(5,23)24)15(12(13)4)10-25-11(2)3/h7-9,11,19H,6,10H2,1-5H3. The third-order valence-corrected chi connectivity index (χ3v) is 5.34. The topological polar surface area (TPSA) is 98.2 Å². The molecule has 1 N–H and O–H groups in total. The van der Waals surface area contributed by atoms with Crippen molar-refractivity contribution in [2.75, 3.05) is 6.26 Å². The van der Waals surface area contributed by atoms with Crippen molar-refractivity contribution in [3.63, 3.8) is 0 Å². The largest absolute Gasteiger partial charge is 0.374 e. The Bertz CT molecular complexity index is 983. The average molecular weight is 380 g/mol. The van der Waals surface area contributed by atoms with Gasteiger partial charge in [-0.15, -0.1) is 0 Å². The van der Waals surface area contributed by atoms with Crippen molar-refractivity contribution in [1.82, 2.24) is 9.78 Å². The molecular formula is C18H24N2O5S. The molecule has 0 aliphatic rings. The monoisotopic (exact) mass is 380 g/mol. The molecular weight excluding hydrogens is 356 g/mol. The molecule has 1 aromatic carbocycles. The van der Waals surface area contributed by atoms with E-state index in [1.807, 2.05) is 13.8 Å². The predicted molar refractivity (Wildman–Crippen MR) is 98.4 cm³/mol. The van der Waals surface area contributed by atoms with Crippen LogP contribution in [0, 0.1) is 6.92 Å². The van der Waals surface area contributed by atoms with Crippen LogP contribution in [0.2, 0.25) is 0 Å². The number of carbonyl (C=O) groups excluding carboxylic acids is 1. The number of nitrogens with one attached hydrogen (secondary N) is 1. The molecule has 0 atom stereocenters. The van der Waals surface area contributed by atoms with Crippen molar-refractivity contribution in [2.24, 2.45) is 0 Å². The van der Waals surface area contributed by atoms with Crippen LogP contribution in [0.1, 0.15) is 47.8 Å². The zero-order valence-corrected chi connectivity index (χ0v) is 16.4. The number of nitrogens with zero attached hydrogens (tertiary/aromatic N) is 1. The van der Waals surface area contributed by atoms with Gasteiger partial charge in [0, 0.05) is 24.6 Å². The highest BCUT2D eigenvalue weighted by molar-refractivity contribution is 7.90. The van der Waals surface area contributed by atoms with Gasteiger partial charge in [-0.3, -0.25) is 14.3 Å². The second-order valence-electron chi connectivity index (χ2n) is 6.41. The average Bonchev–Trinajstić information content (AvgIpc) is 2.92. The Balaban J connectivity index is 2.59. The van der Waals surface area contributed by atoms with E-state index in [9.17, 15) is 18.0 Å². The third kappa shape index (κ3) is 3.96. The van der Waals surface area contributed by atoms with Gasteiger partial charge in [0.1, 0.15) is 5.56 Å². The first-order valence-electron chi connectivity index (χ1n) is 8.35. The Morgan fingerprint density at radius 2 is 1.92 bits per heavy atom. The fraction of sp³-hybridized carbons (Fsp3) is 0.444. The highest BCUT2D eigenvalue weighted by Gasteiger charge is 2.23. The zero-order chi connectivity index (χ0) is 19.6. The zero-order valence-electron chi connectivity index (χ0n) is 15.6. The molecule has 26 heavy (non-hydrogen) atoms. The van der Waals surface area contributed by atoms with Crippen LogP contribution in [0.5, 0.6) is 0 Å². The van der Waals surface area contributed by atoms with Gasteiger partial charge in [0.05, 0.1) is 17.6 Å². The fourth-order valence-corrected chi connectivity index (χ4v) is 3.68. The van der Waals surface area contributed by atoms with Crippen molar-refractivity contribution >= 4 is 15.6 Å². The van der Waals surface area contributed by atoms with Crippen LogP contribution >= 0.6 is 0 Å².